The number of carbonyl (C=O) groups is 1. The van der Waals surface area contributed by atoms with E-state index < -0.39 is 0 Å². The van der Waals surface area contributed by atoms with Crippen LogP contribution < -0.4 is 0 Å². The number of carbonyl (C=O) groups excluding carboxylic acids is 1. The van der Waals surface area contributed by atoms with Gasteiger partial charge in [-0.3, -0.25) is 4.90 Å². The molecule has 0 spiro atoms. The Hall–Kier alpha value is -1.13. The first-order chi connectivity index (χ1) is 7.79. The number of H-pyrrole nitrogens is 1. The maximum absolute atomic E-state index is 10.7. The zero-order chi connectivity index (χ0) is 11.4. The van der Waals surface area contributed by atoms with Crippen molar-refractivity contribution in [2.45, 2.75) is 19.4 Å². The quantitative estimate of drug-likeness (QED) is 0.777. The van der Waals surface area contributed by atoms with E-state index in [1.807, 2.05) is 13.1 Å². The van der Waals surface area contributed by atoms with Gasteiger partial charge in [-0.1, -0.05) is 6.92 Å². The van der Waals surface area contributed by atoms with Crippen LogP contribution in [0.15, 0.2) is 12.3 Å². The van der Waals surface area contributed by atoms with Crippen molar-refractivity contribution in [3.63, 3.8) is 0 Å². The third kappa shape index (κ3) is 2.71. The van der Waals surface area contributed by atoms with Gasteiger partial charge in [0.15, 0.2) is 0 Å². The number of hydrogen-bond donors (Lipinski definition) is 1. The van der Waals surface area contributed by atoms with Gasteiger partial charge in [-0.05, 0) is 11.6 Å². The summed E-state index contributed by atoms with van der Waals surface area (Å²) in [5.74, 6) is -0.0431. The number of aldehydes is 1. The van der Waals surface area contributed by atoms with Crippen LogP contribution in [0.5, 0.6) is 0 Å². The Morgan fingerprint density at radius 3 is 3.00 bits per heavy atom. The Kier molecular flexibility index (Phi) is 3.74. The number of aromatic amines is 1. The van der Waals surface area contributed by atoms with Gasteiger partial charge >= 0.3 is 0 Å². The van der Waals surface area contributed by atoms with Crippen LogP contribution in [0.1, 0.15) is 24.1 Å². The Morgan fingerprint density at radius 1 is 1.56 bits per heavy atom. The first-order valence-corrected chi connectivity index (χ1v) is 5.72. The molecule has 1 aliphatic heterocycles. The lowest BCUT2D eigenvalue weighted by Gasteiger charge is -2.26. The van der Waals surface area contributed by atoms with E-state index in [1.54, 1.807) is 0 Å². The summed E-state index contributed by atoms with van der Waals surface area (Å²) in [6.45, 7) is 6.46. The Morgan fingerprint density at radius 2 is 2.31 bits per heavy atom. The second kappa shape index (κ2) is 5.27. The van der Waals surface area contributed by atoms with Crippen molar-refractivity contribution in [3.8, 4) is 0 Å². The molecule has 1 aromatic rings. The predicted molar refractivity (Wildman–Crippen MR) is 61.4 cm³/mol. The fourth-order valence-corrected chi connectivity index (χ4v) is 1.90. The van der Waals surface area contributed by atoms with E-state index >= 15 is 0 Å². The highest BCUT2D eigenvalue weighted by Crippen LogP contribution is 2.14. The SMILES string of the molecule is CC(C=O)c1cc(CN2CCOCC2)c[nH]1. The second-order valence-electron chi connectivity index (χ2n) is 4.28. The highest BCUT2D eigenvalue weighted by molar-refractivity contribution is 5.60. The minimum absolute atomic E-state index is 0.0431. The lowest BCUT2D eigenvalue weighted by atomic mass is 10.1. The van der Waals surface area contributed by atoms with E-state index in [0.717, 1.165) is 44.8 Å². The van der Waals surface area contributed by atoms with Crippen molar-refractivity contribution in [2.75, 3.05) is 26.3 Å². The van der Waals surface area contributed by atoms with Crippen molar-refractivity contribution in [1.82, 2.24) is 9.88 Å². The number of aromatic nitrogens is 1. The van der Waals surface area contributed by atoms with Gasteiger partial charge < -0.3 is 14.5 Å². The molecule has 1 N–H and O–H groups in total. The second-order valence-corrected chi connectivity index (χ2v) is 4.28. The van der Waals surface area contributed by atoms with Crippen molar-refractivity contribution in [3.05, 3.63) is 23.5 Å². The molecule has 1 aliphatic rings. The van der Waals surface area contributed by atoms with Crippen molar-refractivity contribution < 1.29 is 9.53 Å². The third-order valence-corrected chi connectivity index (χ3v) is 2.97. The molecule has 4 nitrogen and oxygen atoms in total. The molecule has 1 aromatic heterocycles. The number of nitrogens with zero attached hydrogens (tertiary/aromatic N) is 1. The van der Waals surface area contributed by atoms with Crippen LogP contribution in [0.3, 0.4) is 0 Å². The van der Waals surface area contributed by atoms with E-state index in [-0.39, 0.29) is 5.92 Å². The number of ether oxygens (including phenoxy) is 1. The predicted octanol–water partition coefficient (Wildman–Crippen LogP) is 1.15. The summed E-state index contributed by atoms with van der Waals surface area (Å²) in [5, 5.41) is 0. The van der Waals surface area contributed by atoms with Crippen molar-refractivity contribution >= 4 is 6.29 Å². The molecule has 1 fully saturated rings. The van der Waals surface area contributed by atoms with E-state index in [0.29, 0.717) is 0 Å². The van der Waals surface area contributed by atoms with Gasteiger partial charge in [0.05, 0.1) is 19.1 Å². The zero-order valence-electron chi connectivity index (χ0n) is 9.61. The van der Waals surface area contributed by atoms with Crippen LogP contribution in [0.2, 0.25) is 0 Å². The summed E-state index contributed by atoms with van der Waals surface area (Å²) >= 11 is 0. The highest BCUT2D eigenvalue weighted by Gasteiger charge is 2.12. The normalized spacial score (nSPS) is 19.6. The Balaban J connectivity index is 1.93. The van der Waals surface area contributed by atoms with E-state index in [2.05, 4.69) is 16.0 Å². The van der Waals surface area contributed by atoms with Crippen LogP contribution in [0, 0.1) is 0 Å². The largest absolute Gasteiger partial charge is 0.379 e. The van der Waals surface area contributed by atoms with Gasteiger partial charge in [0.2, 0.25) is 0 Å². The van der Waals surface area contributed by atoms with Crippen LogP contribution >= 0.6 is 0 Å². The molecule has 0 bridgehead atoms. The molecule has 1 saturated heterocycles. The van der Waals surface area contributed by atoms with Gasteiger partial charge in [-0.25, -0.2) is 0 Å². The van der Waals surface area contributed by atoms with E-state index in [1.165, 1.54) is 5.56 Å². The van der Waals surface area contributed by atoms with Gasteiger partial charge in [-0.15, -0.1) is 0 Å². The summed E-state index contributed by atoms with van der Waals surface area (Å²) in [6.07, 6.45) is 2.95. The van der Waals surface area contributed by atoms with Crippen molar-refractivity contribution in [1.29, 1.82) is 0 Å². The molecule has 0 saturated carbocycles. The molecule has 2 heterocycles. The van der Waals surface area contributed by atoms with Gasteiger partial charge in [0.25, 0.3) is 0 Å². The summed E-state index contributed by atoms with van der Waals surface area (Å²) in [6, 6.07) is 2.08. The topological polar surface area (TPSA) is 45.3 Å². The maximum atomic E-state index is 10.7. The third-order valence-electron chi connectivity index (χ3n) is 2.97. The fourth-order valence-electron chi connectivity index (χ4n) is 1.90. The lowest BCUT2D eigenvalue weighted by Crippen LogP contribution is -2.35. The summed E-state index contributed by atoms with van der Waals surface area (Å²) < 4.78 is 5.30. The van der Waals surface area contributed by atoms with Crippen LogP contribution in [-0.2, 0) is 16.1 Å². The average molecular weight is 222 g/mol. The molecule has 0 amide bonds. The van der Waals surface area contributed by atoms with E-state index in [9.17, 15) is 4.79 Å². The van der Waals surface area contributed by atoms with Crippen LogP contribution in [0.25, 0.3) is 0 Å². The minimum Gasteiger partial charge on any atom is -0.379 e. The average Bonchev–Trinajstić information content (AvgIpc) is 2.78. The summed E-state index contributed by atoms with van der Waals surface area (Å²) in [4.78, 5) is 16.2. The molecule has 1 atom stereocenters. The fraction of sp³-hybridized carbons (Fsp3) is 0.583. The number of hydrogen-bond acceptors (Lipinski definition) is 3. The molecular weight excluding hydrogens is 204 g/mol. The lowest BCUT2D eigenvalue weighted by molar-refractivity contribution is -0.108. The smallest absolute Gasteiger partial charge is 0.128 e. The van der Waals surface area contributed by atoms with Gasteiger partial charge in [0, 0.05) is 31.5 Å². The standard InChI is InChI=1S/C12H18N2O2/c1-10(9-15)12-6-11(7-13-12)8-14-2-4-16-5-3-14/h6-7,9-10,13H,2-5,8H2,1H3. The van der Waals surface area contributed by atoms with Crippen LogP contribution in [0.4, 0.5) is 0 Å². The molecule has 0 radical (unpaired) electrons. The number of morpholine rings is 1. The van der Waals surface area contributed by atoms with E-state index in [4.69, 9.17) is 4.74 Å². The number of nitrogens with one attached hydrogen (secondary N) is 1. The molecular formula is C12H18N2O2. The molecule has 88 valence electrons. The van der Waals surface area contributed by atoms with Gasteiger partial charge in [-0.2, -0.15) is 0 Å². The molecule has 0 aliphatic carbocycles. The first-order valence-electron chi connectivity index (χ1n) is 5.72. The van der Waals surface area contributed by atoms with Crippen LogP contribution in [-0.4, -0.2) is 42.5 Å². The zero-order valence-corrected chi connectivity index (χ0v) is 9.61. The van der Waals surface area contributed by atoms with Crippen molar-refractivity contribution in [2.24, 2.45) is 0 Å². The summed E-state index contributed by atoms with van der Waals surface area (Å²) in [7, 11) is 0. The van der Waals surface area contributed by atoms with Gasteiger partial charge in [0.1, 0.15) is 6.29 Å². The summed E-state index contributed by atoms with van der Waals surface area (Å²) in [5.41, 5.74) is 2.24. The monoisotopic (exact) mass is 222 g/mol. The molecule has 2 rings (SSSR count). The Bertz CT molecular complexity index is 343. The number of rotatable bonds is 4. The molecule has 1 unspecified atom stereocenters. The highest BCUT2D eigenvalue weighted by atomic mass is 16.5. The molecule has 0 aromatic carbocycles. The molecule has 4 heteroatoms. The maximum Gasteiger partial charge on any atom is 0.128 e. The Labute approximate surface area is 95.6 Å². The molecule has 16 heavy (non-hydrogen) atoms. The first kappa shape index (κ1) is 11.4. The minimum atomic E-state index is -0.0431.